The lowest BCUT2D eigenvalue weighted by Crippen LogP contribution is -2.50. The monoisotopic (exact) mass is 438 g/mol. The molecule has 4 rings (SSSR count). The molecule has 1 aliphatic heterocycles. The minimum Gasteiger partial charge on any atom is -0.341 e. The normalized spacial score (nSPS) is 17.5. The van der Waals surface area contributed by atoms with Crippen LogP contribution in [0.25, 0.3) is 6.08 Å². The number of benzene rings is 2. The van der Waals surface area contributed by atoms with E-state index in [1.165, 1.54) is 0 Å². The molecule has 1 amide bonds. The fraction of sp³-hybridized carbons (Fsp3) is 0.400. The van der Waals surface area contributed by atoms with Crippen molar-refractivity contribution in [3.8, 4) is 0 Å². The van der Waals surface area contributed by atoms with E-state index in [9.17, 15) is 13.2 Å². The van der Waals surface area contributed by atoms with Gasteiger partial charge in [0.15, 0.2) is 0 Å². The van der Waals surface area contributed by atoms with Gasteiger partial charge >= 0.3 is 0 Å². The molecule has 6 heteroatoms. The Labute approximate surface area is 185 Å². The molecule has 1 heterocycles. The molecule has 2 aromatic carbocycles. The molecule has 164 valence electrons. The summed E-state index contributed by atoms with van der Waals surface area (Å²) in [6.45, 7) is 3.57. The second-order valence-electron chi connectivity index (χ2n) is 8.67. The van der Waals surface area contributed by atoms with Crippen molar-refractivity contribution < 1.29 is 13.2 Å². The Morgan fingerprint density at radius 1 is 1.13 bits per heavy atom. The quantitative estimate of drug-likeness (QED) is 0.715. The number of fused-ring (bicyclic) bond motifs is 1. The van der Waals surface area contributed by atoms with Gasteiger partial charge in [-0.2, -0.15) is 4.72 Å². The Morgan fingerprint density at radius 2 is 1.87 bits per heavy atom. The lowest BCUT2D eigenvalue weighted by Gasteiger charge is -2.33. The molecule has 0 radical (unpaired) electrons. The summed E-state index contributed by atoms with van der Waals surface area (Å²) in [7, 11) is -3.81. The second kappa shape index (κ2) is 9.37. The largest absolute Gasteiger partial charge is 0.341 e. The molecule has 5 nitrogen and oxygen atoms in total. The first-order valence-corrected chi connectivity index (χ1v) is 12.6. The highest BCUT2D eigenvalue weighted by atomic mass is 32.2. The van der Waals surface area contributed by atoms with Gasteiger partial charge in [-0.25, -0.2) is 8.42 Å². The summed E-state index contributed by atoms with van der Waals surface area (Å²) in [5.41, 5.74) is 3.15. The fourth-order valence-corrected chi connectivity index (χ4v) is 5.57. The lowest BCUT2D eigenvalue weighted by atomic mass is 9.98. The van der Waals surface area contributed by atoms with Crippen LogP contribution in [0.4, 0.5) is 0 Å². The van der Waals surface area contributed by atoms with Gasteiger partial charge in [-0.1, -0.05) is 55.5 Å². The van der Waals surface area contributed by atoms with Gasteiger partial charge in [-0.05, 0) is 66.8 Å². The van der Waals surface area contributed by atoms with Crippen molar-refractivity contribution in [3.05, 3.63) is 71.3 Å². The minimum absolute atomic E-state index is 0.116. The molecule has 0 unspecified atom stereocenters. The Bertz CT molecular complexity index is 1060. The molecule has 0 spiro atoms. The van der Waals surface area contributed by atoms with E-state index in [1.807, 2.05) is 53.5 Å². The molecule has 2 aliphatic rings. The van der Waals surface area contributed by atoms with Gasteiger partial charge in [0.1, 0.15) is 6.04 Å². The molecule has 1 aliphatic carbocycles. The SMILES string of the molecule is CC1CCN(C(=O)[C@@H](CCc2ccccc2)NS(=O)(=O)c2ccc3c(c2)CC=C3)CC1. The number of carbonyl (C=O) groups excluding carboxylic acids is 1. The zero-order valence-electron chi connectivity index (χ0n) is 18.0. The third-order valence-corrected chi connectivity index (χ3v) is 7.78. The van der Waals surface area contributed by atoms with Crippen LogP contribution in [0.1, 0.15) is 42.9 Å². The van der Waals surface area contributed by atoms with Crippen molar-refractivity contribution in [2.24, 2.45) is 5.92 Å². The van der Waals surface area contributed by atoms with Gasteiger partial charge in [-0.3, -0.25) is 4.79 Å². The first-order valence-electron chi connectivity index (χ1n) is 11.1. The number of aryl methyl sites for hydroxylation is 1. The average molecular weight is 439 g/mol. The summed E-state index contributed by atoms with van der Waals surface area (Å²) < 4.78 is 29.1. The van der Waals surface area contributed by atoms with Crippen LogP contribution in [0.5, 0.6) is 0 Å². The lowest BCUT2D eigenvalue weighted by molar-refractivity contribution is -0.134. The van der Waals surface area contributed by atoms with Gasteiger partial charge in [0.05, 0.1) is 4.90 Å². The number of carbonyl (C=O) groups is 1. The van der Waals surface area contributed by atoms with Crippen molar-refractivity contribution in [2.45, 2.75) is 50.0 Å². The third-order valence-electron chi connectivity index (χ3n) is 6.32. The van der Waals surface area contributed by atoms with Crippen LogP contribution in [-0.4, -0.2) is 38.4 Å². The van der Waals surface area contributed by atoms with E-state index in [1.54, 1.807) is 12.1 Å². The Morgan fingerprint density at radius 3 is 2.61 bits per heavy atom. The van der Waals surface area contributed by atoms with Crippen molar-refractivity contribution in [1.82, 2.24) is 9.62 Å². The van der Waals surface area contributed by atoms with Crippen LogP contribution >= 0.6 is 0 Å². The number of nitrogens with one attached hydrogen (secondary N) is 1. The molecular weight excluding hydrogens is 408 g/mol. The predicted molar refractivity (Wildman–Crippen MR) is 123 cm³/mol. The molecule has 2 aromatic rings. The molecule has 0 saturated carbocycles. The minimum atomic E-state index is -3.81. The van der Waals surface area contributed by atoms with Gasteiger partial charge < -0.3 is 4.90 Å². The molecule has 1 atom stereocenters. The van der Waals surface area contributed by atoms with Gasteiger partial charge in [0.25, 0.3) is 0 Å². The third kappa shape index (κ3) is 5.25. The van der Waals surface area contributed by atoms with Gasteiger partial charge in [-0.15, -0.1) is 0 Å². The van der Waals surface area contributed by atoms with E-state index in [-0.39, 0.29) is 10.8 Å². The first-order chi connectivity index (χ1) is 14.9. The maximum Gasteiger partial charge on any atom is 0.241 e. The molecule has 0 aromatic heterocycles. The number of nitrogens with zero attached hydrogens (tertiary/aromatic N) is 1. The summed E-state index contributed by atoms with van der Waals surface area (Å²) in [4.78, 5) is 15.4. The summed E-state index contributed by atoms with van der Waals surface area (Å²) in [5, 5.41) is 0. The van der Waals surface area contributed by atoms with Crippen LogP contribution in [0, 0.1) is 5.92 Å². The zero-order chi connectivity index (χ0) is 21.8. The summed E-state index contributed by atoms with van der Waals surface area (Å²) in [5.74, 6) is 0.484. The van der Waals surface area contributed by atoms with Crippen LogP contribution in [0.3, 0.4) is 0 Å². The Balaban J connectivity index is 1.53. The number of hydrogen-bond donors (Lipinski definition) is 1. The number of rotatable bonds is 7. The number of likely N-dealkylation sites (tertiary alicyclic amines) is 1. The number of sulfonamides is 1. The topological polar surface area (TPSA) is 66.5 Å². The molecule has 1 N–H and O–H groups in total. The fourth-order valence-electron chi connectivity index (χ4n) is 4.29. The Hall–Kier alpha value is -2.44. The summed E-state index contributed by atoms with van der Waals surface area (Å²) in [6.07, 6.45) is 7.75. The van der Waals surface area contributed by atoms with Crippen molar-refractivity contribution in [1.29, 1.82) is 0 Å². The number of piperidine rings is 1. The molecule has 1 saturated heterocycles. The predicted octanol–water partition coefficient (Wildman–Crippen LogP) is 3.79. The van der Waals surface area contributed by atoms with E-state index < -0.39 is 16.1 Å². The van der Waals surface area contributed by atoms with Gasteiger partial charge in [0.2, 0.25) is 15.9 Å². The van der Waals surface area contributed by atoms with E-state index in [4.69, 9.17) is 0 Å². The molecule has 0 bridgehead atoms. The van der Waals surface area contributed by atoms with Crippen LogP contribution < -0.4 is 4.72 Å². The smallest absolute Gasteiger partial charge is 0.241 e. The first kappa shape index (κ1) is 21.8. The van der Waals surface area contributed by atoms with Crippen molar-refractivity contribution >= 4 is 22.0 Å². The van der Waals surface area contributed by atoms with Gasteiger partial charge in [0, 0.05) is 13.1 Å². The highest BCUT2D eigenvalue weighted by Gasteiger charge is 2.31. The number of allylic oxidation sites excluding steroid dienone is 1. The molecule has 1 fully saturated rings. The Kier molecular flexibility index (Phi) is 6.58. The highest BCUT2D eigenvalue weighted by molar-refractivity contribution is 7.89. The zero-order valence-corrected chi connectivity index (χ0v) is 18.8. The van der Waals surface area contributed by atoms with Crippen molar-refractivity contribution in [2.75, 3.05) is 13.1 Å². The van der Waals surface area contributed by atoms with E-state index in [0.29, 0.717) is 31.8 Å². The van der Waals surface area contributed by atoms with E-state index in [0.717, 1.165) is 36.0 Å². The standard InChI is InChI=1S/C25H30N2O3S/c1-19-14-16-27(17-15-19)25(28)24(13-10-20-6-3-2-4-7-20)26-31(29,30)23-12-11-21-8-5-9-22(21)18-23/h2-8,11-12,18-19,24,26H,9-10,13-17H2,1H3/t24-/m1/s1. The van der Waals surface area contributed by atoms with Crippen LogP contribution in [-0.2, 0) is 27.7 Å². The number of amides is 1. The molecule has 31 heavy (non-hydrogen) atoms. The maximum absolute atomic E-state index is 13.3. The summed E-state index contributed by atoms with van der Waals surface area (Å²) in [6, 6.07) is 14.3. The average Bonchev–Trinajstić information content (AvgIpc) is 3.25. The molecular formula is C25H30N2O3S. The summed E-state index contributed by atoms with van der Waals surface area (Å²) >= 11 is 0. The van der Waals surface area contributed by atoms with Crippen LogP contribution in [0.15, 0.2) is 59.5 Å². The second-order valence-corrected chi connectivity index (χ2v) is 10.4. The van der Waals surface area contributed by atoms with E-state index >= 15 is 0 Å². The maximum atomic E-state index is 13.3. The van der Waals surface area contributed by atoms with Crippen LogP contribution in [0.2, 0.25) is 0 Å². The number of hydrogen-bond acceptors (Lipinski definition) is 3. The van der Waals surface area contributed by atoms with Crippen molar-refractivity contribution in [3.63, 3.8) is 0 Å². The highest BCUT2D eigenvalue weighted by Crippen LogP contribution is 2.24. The van der Waals surface area contributed by atoms with E-state index in [2.05, 4.69) is 11.6 Å².